The summed E-state index contributed by atoms with van der Waals surface area (Å²) in [5, 5.41) is 0. The van der Waals surface area contributed by atoms with Gasteiger partial charge in [0.1, 0.15) is 17.8 Å². The van der Waals surface area contributed by atoms with Crippen molar-refractivity contribution in [2.75, 3.05) is 29.4 Å². The molecule has 2 aliphatic rings. The number of anilines is 2. The summed E-state index contributed by atoms with van der Waals surface area (Å²) in [5.74, 6) is 0.701. The van der Waals surface area contributed by atoms with E-state index in [1.807, 2.05) is 41.0 Å². The van der Waals surface area contributed by atoms with Crippen LogP contribution >= 0.6 is 0 Å². The Hall–Kier alpha value is -3.81. The number of piperidine rings is 1. The summed E-state index contributed by atoms with van der Waals surface area (Å²) >= 11 is 0. The Bertz CT molecular complexity index is 1320. The minimum Gasteiger partial charge on any atom is -0.356 e. The first-order chi connectivity index (χ1) is 17.7. The zero-order chi connectivity index (χ0) is 26.2. The number of carbonyl (C=O) groups excluding carboxylic acids is 2. The fourth-order valence-corrected chi connectivity index (χ4v) is 5.79. The summed E-state index contributed by atoms with van der Waals surface area (Å²) in [6.07, 6.45) is 4.84. The molecule has 192 valence electrons. The predicted octanol–water partition coefficient (Wildman–Crippen LogP) is 4.14. The average molecular weight is 499 g/mol. The number of pyridine rings is 1. The van der Waals surface area contributed by atoms with Gasteiger partial charge >= 0.3 is 0 Å². The summed E-state index contributed by atoms with van der Waals surface area (Å²) in [5.41, 5.74) is 4.49. The van der Waals surface area contributed by atoms with Crippen molar-refractivity contribution in [1.29, 1.82) is 0 Å². The molecule has 2 aromatic heterocycles. The van der Waals surface area contributed by atoms with Crippen LogP contribution in [0.2, 0.25) is 0 Å². The molecule has 1 fully saturated rings. The summed E-state index contributed by atoms with van der Waals surface area (Å²) in [7, 11) is 0. The SMILES string of the molecule is CC(=O)N(c1cccnc1C)C1CCN(c2cc(C(=O)N3Cc4ccccc4C(C)(C)C3)ncn2)CC1. The highest BCUT2D eigenvalue weighted by molar-refractivity contribution is 5.93. The average Bonchev–Trinajstić information content (AvgIpc) is 2.89. The highest BCUT2D eigenvalue weighted by Crippen LogP contribution is 2.34. The van der Waals surface area contributed by atoms with Gasteiger partial charge in [-0.15, -0.1) is 0 Å². The second-order valence-electron chi connectivity index (χ2n) is 10.7. The number of carbonyl (C=O) groups is 2. The lowest BCUT2D eigenvalue weighted by atomic mass is 9.78. The van der Waals surface area contributed by atoms with E-state index in [0.717, 1.165) is 43.1 Å². The maximum absolute atomic E-state index is 13.5. The number of fused-ring (bicyclic) bond motifs is 1. The summed E-state index contributed by atoms with van der Waals surface area (Å²) in [4.78, 5) is 45.2. The number of rotatable bonds is 4. The Morgan fingerprint density at radius 1 is 1.03 bits per heavy atom. The van der Waals surface area contributed by atoms with Gasteiger partial charge in [0, 0.05) is 56.8 Å². The number of aromatic nitrogens is 3. The number of benzene rings is 1. The van der Waals surface area contributed by atoms with Crippen LogP contribution in [0, 0.1) is 6.92 Å². The monoisotopic (exact) mass is 498 g/mol. The molecule has 5 rings (SSSR count). The van der Waals surface area contributed by atoms with Crippen molar-refractivity contribution in [3.05, 3.63) is 77.5 Å². The second-order valence-corrected chi connectivity index (χ2v) is 10.7. The molecule has 4 heterocycles. The molecule has 0 saturated carbocycles. The summed E-state index contributed by atoms with van der Waals surface area (Å²) in [6.45, 7) is 10.6. The normalized spacial score (nSPS) is 17.3. The number of amides is 2. The van der Waals surface area contributed by atoms with Gasteiger partial charge in [0.15, 0.2) is 0 Å². The first-order valence-corrected chi connectivity index (χ1v) is 12.9. The van der Waals surface area contributed by atoms with Crippen molar-refractivity contribution in [1.82, 2.24) is 19.9 Å². The van der Waals surface area contributed by atoms with Crippen molar-refractivity contribution in [3.63, 3.8) is 0 Å². The van der Waals surface area contributed by atoms with Gasteiger partial charge in [-0.3, -0.25) is 14.6 Å². The molecule has 0 spiro atoms. The molecular formula is C29H34N6O2. The van der Waals surface area contributed by atoms with E-state index < -0.39 is 0 Å². The standard InChI is InChI=1S/C29H34N6O2/c1-20-26(10-7-13-30-20)35(21(2)36)23-11-14-33(15-12-23)27-16-25(31-19-32-27)28(37)34-17-22-8-5-6-9-24(22)29(3,4)18-34/h5-10,13,16,19,23H,11-12,14-15,17-18H2,1-4H3. The van der Waals surface area contributed by atoms with E-state index in [-0.39, 0.29) is 23.3 Å². The Balaban J connectivity index is 1.29. The molecule has 8 heteroatoms. The lowest BCUT2D eigenvalue weighted by Crippen LogP contribution is -2.47. The maximum atomic E-state index is 13.5. The van der Waals surface area contributed by atoms with Crippen LogP contribution in [-0.2, 0) is 16.8 Å². The highest BCUT2D eigenvalue weighted by Gasteiger charge is 2.35. The van der Waals surface area contributed by atoms with E-state index in [2.05, 4.69) is 51.9 Å². The molecule has 0 aliphatic carbocycles. The second kappa shape index (κ2) is 9.92. The van der Waals surface area contributed by atoms with E-state index in [1.165, 1.54) is 17.5 Å². The molecule has 0 bridgehead atoms. The van der Waals surface area contributed by atoms with Gasteiger partial charge in [0.2, 0.25) is 5.91 Å². The molecule has 37 heavy (non-hydrogen) atoms. The number of nitrogens with zero attached hydrogens (tertiary/aromatic N) is 6. The molecular weight excluding hydrogens is 464 g/mol. The zero-order valence-corrected chi connectivity index (χ0v) is 22.0. The Morgan fingerprint density at radius 2 is 1.78 bits per heavy atom. The van der Waals surface area contributed by atoms with Gasteiger partial charge in [-0.2, -0.15) is 0 Å². The topological polar surface area (TPSA) is 82.5 Å². The highest BCUT2D eigenvalue weighted by atomic mass is 16.2. The van der Waals surface area contributed by atoms with E-state index in [1.54, 1.807) is 13.1 Å². The molecule has 3 aromatic rings. The molecule has 1 aromatic carbocycles. The van der Waals surface area contributed by atoms with Crippen LogP contribution < -0.4 is 9.80 Å². The Labute approximate surface area is 218 Å². The van der Waals surface area contributed by atoms with Crippen molar-refractivity contribution >= 4 is 23.3 Å². The van der Waals surface area contributed by atoms with E-state index >= 15 is 0 Å². The number of hydrogen-bond donors (Lipinski definition) is 0. The fourth-order valence-electron chi connectivity index (χ4n) is 5.79. The quantitative estimate of drug-likeness (QED) is 0.538. The van der Waals surface area contributed by atoms with Gasteiger partial charge in [-0.1, -0.05) is 38.1 Å². The van der Waals surface area contributed by atoms with Crippen LogP contribution in [0.1, 0.15) is 60.9 Å². The van der Waals surface area contributed by atoms with Crippen molar-refractivity contribution in [2.24, 2.45) is 0 Å². The zero-order valence-electron chi connectivity index (χ0n) is 22.0. The van der Waals surface area contributed by atoms with Crippen LogP contribution in [0.4, 0.5) is 11.5 Å². The molecule has 0 N–H and O–H groups in total. The third-order valence-corrected chi connectivity index (χ3v) is 7.58. The first kappa shape index (κ1) is 24.9. The van der Waals surface area contributed by atoms with Gasteiger partial charge in [0.05, 0.1) is 11.4 Å². The Kier molecular flexibility index (Phi) is 6.67. The van der Waals surface area contributed by atoms with E-state index in [4.69, 9.17) is 0 Å². The van der Waals surface area contributed by atoms with Crippen molar-refractivity contribution in [3.8, 4) is 0 Å². The molecule has 0 unspecified atom stereocenters. The molecule has 0 atom stereocenters. The predicted molar refractivity (Wildman–Crippen MR) is 144 cm³/mol. The molecule has 1 saturated heterocycles. The third kappa shape index (κ3) is 4.92. The third-order valence-electron chi connectivity index (χ3n) is 7.58. The maximum Gasteiger partial charge on any atom is 0.272 e. The van der Waals surface area contributed by atoms with Gasteiger partial charge in [0.25, 0.3) is 5.91 Å². The number of aryl methyl sites for hydroxylation is 1. The Morgan fingerprint density at radius 3 is 2.51 bits per heavy atom. The fraction of sp³-hybridized carbons (Fsp3) is 0.414. The van der Waals surface area contributed by atoms with Crippen LogP contribution in [0.25, 0.3) is 0 Å². The van der Waals surface area contributed by atoms with Crippen LogP contribution in [0.3, 0.4) is 0 Å². The van der Waals surface area contributed by atoms with Gasteiger partial charge in [-0.05, 0) is 43.0 Å². The van der Waals surface area contributed by atoms with Crippen LogP contribution in [0.5, 0.6) is 0 Å². The summed E-state index contributed by atoms with van der Waals surface area (Å²) < 4.78 is 0. The van der Waals surface area contributed by atoms with Gasteiger partial charge < -0.3 is 14.7 Å². The smallest absolute Gasteiger partial charge is 0.272 e. The first-order valence-electron chi connectivity index (χ1n) is 12.9. The summed E-state index contributed by atoms with van der Waals surface area (Å²) in [6, 6.07) is 14.1. The minimum absolute atomic E-state index is 0.0236. The lowest BCUT2D eigenvalue weighted by molar-refractivity contribution is -0.117. The molecule has 0 radical (unpaired) electrons. The largest absolute Gasteiger partial charge is 0.356 e. The van der Waals surface area contributed by atoms with E-state index in [9.17, 15) is 9.59 Å². The van der Waals surface area contributed by atoms with Crippen LogP contribution in [0.15, 0.2) is 55.0 Å². The number of hydrogen-bond acceptors (Lipinski definition) is 6. The minimum atomic E-state index is -0.128. The molecule has 2 aliphatic heterocycles. The lowest BCUT2D eigenvalue weighted by Gasteiger charge is -2.40. The van der Waals surface area contributed by atoms with Crippen molar-refractivity contribution in [2.45, 2.75) is 58.5 Å². The molecule has 2 amide bonds. The molecule has 8 nitrogen and oxygen atoms in total. The van der Waals surface area contributed by atoms with E-state index in [0.29, 0.717) is 18.8 Å². The van der Waals surface area contributed by atoms with Gasteiger partial charge in [-0.25, -0.2) is 9.97 Å². The van der Waals surface area contributed by atoms with Crippen LogP contribution in [-0.4, -0.2) is 57.3 Å². The van der Waals surface area contributed by atoms with Crippen molar-refractivity contribution < 1.29 is 9.59 Å².